The summed E-state index contributed by atoms with van der Waals surface area (Å²) in [6.07, 6.45) is 2.87. The largest absolute Gasteiger partial charge is 0.465 e. The highest BCUT2D eigenvalue weighted by molar-refractivity contribution is 6.30. The maximum atomic E-state index is 11.4. The smallest absolute Gasteiger partial charge is 0.407 e. The van der Waals surface area contributed by atoms with Gasteiger partial charge in [0.15, 0.2) is 0 Å². The van der Waals surface area contributed by atoms with E-state index in [0.717, 1.165) is 31.2 Å². The van der Waals surface area contributed by atoms with E-state index in [9.17, 15) is 15.0 Å². The van der Waals surface area contributed by atoms with E-state index in [-0.39, 0.29) is 12.0 Å². The van der Waals surface area contributed by atoms with Crippen molar-refractivity contribution in [1.29, 1.82) is 0 Å². The van der Waals surface area contributed by atoms with E-state index in [0.29, 0.717) is 18.0 Å². The van der Waals surface area contributed by atoms with Gasteiger partial charge in [-0.05, 0) is 50.3 Å². The molecule has 1 amide bonds. The van der Waals surface area contributed by atoms with Gasteiger partial charge in [-0.1, -0.05) is 29.5 Å². The van der Waals surface area contributed by atoms with Crippen molar-refractivity contribution >= 4 is 17.7 Å². The number of rotatable bonds is 0. The minimum Gasteiger partial charge on any atom is -0.465 e. The SMILES string of the molecule is O=C(O)N1CCCC2C1CCCC2(O)C#Cc1cccc(Cl)c1. The Morgan fingerprint density at radius 2 is 2.17 bits per heavy atom. The van der Waals surface area contributed by atoms with Crippen LogP contribution in [-0.4, -0.2) is 39.4 Å². The molecule has 122 valence electrons. The molecule has 2 aliphatic rings. The molecule has 3 atom stereocenters. The minimum absolute atomic E-state index is 0.118. The van der Waals surface area contributed by atoms with E-state index in [1.165, 1.54) is 4.90 Å². The molecule has 1 heterocycles. The summed E-state index contributed by atoms with van der Waals surface area (Å²) in [6, 6.07) is 7.10. The van der Waals surface area contributed by atoms with Crippen molar-refractivity contribution in [2.75, 3.05) is 6.54 Å². The highest BCUT2D eigenvalue weighted by Gasteiger charge is 2.48. The summed E-state index contributed by atoms with van der Waals surface area (Å²) in [5, 5.41) is 21.1. The van der Waals surface area contributed by atoms with Crippen LogP contribution in [0.5, 0.6) is 0 Å². The average Bonchev–Trinajstić information content (AvgIpc) is 2.53. The molecule has 1 saturated carbocycles. The van der Waals surface area contributed by atoms with Crippen LogP contribution in [0.1, 0.15) is 37.7 Å². The summed E-state index contributed by atoms with van der Waals surface area (Å²) in [4.78, 5) is 12.9. The second kappa shape index (κ2) is 6.43. The lowest BCUT2D eigenvalue weighted by molar-refractivity contribution is -0.0611. The molecule has 2 fully saturated rings. The minimum atomic E-state index is -1.13. The summed E-state index contributed by atoms with van der Waals surface area (Å²) in [7, 11) is 0. The van der Waals surface area contributed by atoms with Crippen molar-refractivity contribution in [3.63, 3.8) is 0 Å². The van der Waals surface area contributed by atoms with Crippen LogP contribution in [-0.2, 0) is 0 Å². The molecule has 4 nitrogen and oxygen atoms in total. The van der Waals surface area contributed by atoms with E-state index in [4.69, 9.17) is 11.6 Å². The molecule has 3 rings (SSSR count). The molecule has 1 saturated heterocycles. The predicted molar refractivity (Wildman–Crippen MR) is 88.4 cm³/mol. The molecule has 0 radical (unpaired) electrons. The number of carbonyl (C=O) groups is 1. The Balaban J connectivity index is 1.87. The molecule has 1 aliphatic heterocycles. The average molecular weight is 334 g/mol. The zero-order chi connectivity index (χ0) is 16.4. The van der Waals surface area contributed by atoms with Crippen molar-refractivity contribution in [2.45, 2.75) is 43.7 Å². The Bertz CT molecular complexity index is 666. The Labute approximate surface area is 141 Å². The number of amides is 1. The zero-order valence-electron chi connectivity index (χ0n) is 12.8. The summed E-state index contributed by atoms with van der Waals surface area (Å²) in [6.45, 7) is 0.550. The molecule has 0 spiro atoms. The second-order valence-corrected chi connectivity index (χ2v) is 6.81. The normalized spacial score (nSPS) is 30.1. The van der Waals surface area contributed by atoms with E-state index in [1.807, 2.05) is 12.1 Å². The van der Waals surface area contributed by atoms with Gasteiger partial charge in [-0.25, -0.2) is 4.79 Å². The van der Waals surface area contributed by atoms with Crippen molar-refractivity contribution in [1.82, 2.24) is 4.90 Å². The first-order valence-electron chi connectivity index (χ1n) is 8.00. The van der Waals surface area contributed by atoms with Crippen LogP contribution in [0.15, 0.2) is 24.3 Å². The second-order valence-electron chi connectivity index (χ2n) is 6.37. The molecule has 2 N–H and O–H groups in total. The van der Waals surface area contributed by atoms with Gasteiger partial charge in [0.1, 0.15) is 5.60 Å². The number of halogens is 1. The number of hydrogen-bond acceptors (Lipinski definition) is 2. The van der Waals surface area contributed by atoms with E-state index in [2.05, 4.69) is 11.8 Å². The van der Waals surface area contributed by atoms with Gasteiger partial charge in [-0.15, -0.1) is 0 Å². The molecule has 3 unspecified atom stereocenters. The lowest BCUT2D eigenvalue weighted by atomic mass is 9.68. The van der Waals surface area contributed by atoms with E-state index >= 15 is 0 Å². The first-order valence-corrected chi connectivity index (χ1v) is 8.38. The van der Waals surface area contributed by atoms with Gasteiger partial charge in [0.25, 0.3) is 0 Å². The third kappa shape index (κ3) is 3.31. The monoisotopic (exact) mass is 333 g/mol. The maximum absolute atomic E-state index is 11.4. The highest BCUT2D eigenvalue weighted by Crippen LogP contribution is 2.41. The molecule has 1 aromatic rings. The number of benzene rings is 1. The number of piperidine rings is 1. The molecular weight excluding hydrogens is 314 g/mol. The fourth-order valence-electron chi connectivity index (χ4n) is 3.88. The molecule has 23 heavy (non-hydrogen) atoms. The van der Waals surface area contributed by atoms with Crippen LogP contribution < -0.4 is 0 Å². The lowest BCUT2D eigenvalue weighted by Gasteiger charge is -2.48. The highest BCUT2D eigenvalue weighted by atomic mass is 35.5. The van der Waals surface area contributed by atoms with Crippen molar-refractivity contribution < 1.29 is 15.0 Å². The van der Waals surface area contributed by atoms with Crippen LogP contribution in [0.2, 0.25) is 5.02 Å². The summed E-state index contributed by atoms with van der Waals surface area (Å²) >= 11 is 5.96. The van der Waals surface area contributed by atoms with Gasteiger partial charge in [-0.3, -0.25) is 0 Å². The number of carboxylic acid groups (broad SMARTS) is 1. The third-order valence-electron chi connectivity index (χ3n) is 4.94. The van der Waals surface area contributed by atoms with Crippen molar-refractivity contribution in [3.8, 4) is 11.8 Å². The number of nitrogens with zero attached hydrogens (tertiary/aromatic N) is 1. The molecule has 0 bridgehead atoms. The van der Waals surface area contributed by atoms with E-state index < -0.39 is 11.7 Å². The van der Waals surface area contributed by atoms with Gasteiger partial charge >= 0.3 is 6.09 Å². The topological polar surface area (TPSA) is 60.8 Å². The Hall–Kier alpha value is -1.70. The first kappa shape index (κ1) is 16.2. The lowest BCUT2D eigenvalue weighted by Crippen LogP contribution is -2.57. The number of likely N-dealkylation sites (tertiary alicyclic amines) is 1. The standard InChI is InChI=1S/C18H20ClNO3/c19-14-5-1-4-13(12-14)8-10-18(23)9-2-7-16-15(18)6-3-11-20(16)17(21)22/h1,4-5,12,15-16,23H,2-3,6-7,9,11H2,(H,21,22). The molecular formula is C18H20ClNO3. The summed E-state index contributed by atoms with van der Waals surface area (Å²) < 4.78 is 0. The van der Waals surface area contributed by atoms with E-state index in [1.54, 1.807) is 12.1 Å². The Kier molecular flexibility index (Phi) is 4.52. The Morgan fingerprint density at radius 1 is 1.35 bits per heavy atom. The van der Waals surface area contributed by atoms with Crippen LogP contribution in [0.4, 0.5) is 4.79 Å². The van der Waals surface area contributed by atoms with Gasteiger partial charge in [0.05, 0.1) is 0 Å². The van der Waals surface area contributed by atoms with Gasteiger partial charge in [0, 0.05) is 29.1 Å². The summed E-state index contributed by atoms with van der Waals surface area (Å²) in [5.74, 6) is 5.93. The quantitative estimate of drug-likeness (QED) is 0.716. The van der Waals surface area contributed by atoms with Gasteiger partial charge < -0.3 is 15.1 Å². The van der Waals surface area contributed by atoms with Gasteiger partial charge in [0.2, 0.25) is 0 Å². The van der Waals surface area contributed by atoms with Crippen molar-refractivity contribution in [3.05, 3.63) is 34.9 Å². The van der Waals surface area contributed by atoms with Crippen LogP contribution in [0, 0.1) is 17.8 Å². The molecule has 1 aliphatic carbocycles. The number of fused-ring (bicyclic) bond motifs is 1. The first-order chi connectivity index (χ1) is 11.0. The van der Waals surface area contributed by atoms with Crippen molar-refractivity contribution in [2.24, 2.45) is 5.92 Å². The third-order valence-corrected chi connectivity index (χ3v) is 5.18. The maximum Gasteiger partial charge on any atom is 0.407 e. The Morgan fingerprint density at radius 3 is 2.91 bits per heavy atom. The van der Waals surface area contributed by atoms with Crippen LogP contribution >= 0.6 is 11.6 Å². The number of hydrogen-bond donors (Lipinski definition) is 2. The number of aliphatic hydroxyl groups is 1. The van der Waals surface area contributed by atoms with Crippen LogP contribution in [0.3, 0.4) is 0 Å². The fourth-order valence-corrected chi connectivity index (χ4v) is 4.07. The zero-order valence-corrected chi connectivity index (χ0v) is 13.6. The molecule has 1 aromatic carbocycles. The molecule has 5 heteroatoms. The predicted octanol–water partition coefficient (Wildman–Crippen LogP) is 3.37. The molecule has 0 aromatic heterocycles. The summed E-state index contributed by atoms with van der Waals surface area (Å²) in [5.41, 5.74) is -0.363. The van der Waals surface area contributed by atoms with Crippen LogP contribution in [0.25, 0.3) is 0 Å². The fraction of sp³-hybridized carbons (Fsp3) is 0.500. The van der Waals surface area contributed by atoms with Gasteiger partial charge in [-0.2, -0.15) is 0 Å².